The van der Waals surface area contributed by atoms with E-state index in [-0.39, 0.29) is 45.4 Å². The van der Waals surface area contributed by atoms with Gasteiger partial charge >= 0.3 is 25.8 Å². The topological polar surface area (TPSA) is 0 Å². The van der Waals surface area contributed by atoms with Crippen LogP contribution in [0.25, 0.3) is 0 Å². The zero-order chi connectivity index (χ0) is 7.94. The molecule has 0 N–H and O–H groups in total. The van der Waals surface area contributed by atoms with E-state index in [0.29, 0.717) is 0 Å². The van der Waals surface area contributed by atoms with Crippen molar-refractivity contribution in [3.8, 4) is 0 Å². The first-order valence-corrected chi connectivity index (χ1v) is 3.75. The van der Waals surface area contributed by atoms with Gasteiger partial charge in [-0.15, -0.1) is 6.92 Å². The van der Waals surface area contributed by atoms with Crippen LogP contribution in [0.5, 0.6) is 0 Å². The smallest absolute Gasteiger partial charge is 1.00 e. The molecular formula is C10H15F3Hf. The molecule has 0 atom stereocenters. The van der Waals surface area contributed by atoms with Crippen molar-refractivity contribution in [3.63, 3.8) is 0 Å². The van der Waals surface area contributed by atoms with Crippen LogP contribution in [0.1, 0.15) is 34.6 Å². The van der Waals surface area contributed by atoms with Gasteiger partial charge in [0, 0.05) is 0 Å². The first-order valence-electron chi connectivity index (χ1n) is 3.75. The first kappa shape index (κ1) is 23.7. The molecule has 1 aliphatic carbocycles. The largest absolute Gasteiger partial charge is 4.00 e. The normalized spacial score (nSPS) is 16.8. The molecule has 0 aromatic rings. The van der Waals surface area contributed by atoms with Crippen molar-refractivity contribution in [2.24, 2.45) is 5.41 Å². The summed E-state index contributed by atoms with van der Waals surface area (Å²) in [7, 11) is 0. The maximum absolute atomic E-state index is 3.44. The molecule has 0 fully saturated rings. The van der Waals surface area contributed by atoms with Gasteiger partial charge in [0.05, 0.1) is 0 Å². The van der Waals surface area contributed by atoms with E-state index in [2.05, 4.69) is 40.7 Å². The van der Waals surface area contributed by atoms with E-state index in [9.17, 15) is 0 Å². The number of allylic oxidation sites excluding steroid dienone is 4. The van der Waals surface area contributed by atoms with Crippen molar-refractivity contribution in [3.05, 3.63) is 22.8 Å². The van der Waals surface area contributed by atoms with Gasteiger partial charge in [0.1, 0.15) is 0 Å². The third-order valence-electron chi connectivity index (χ3n) is 2.56. The number of hydrogen-bond acceptors (Lipinski definition) is 0. The fourth-order valence-electron chi connectivity index (χ4n) is 1.41. The summed E-state index contributed by atoms with van der Waals surface area (Å²) < 4.78 is 0. The molecule has 0 radical (unpaired) electrons. The number of rotatable bonds is 0. The molecule has 0 spiro atoms. The van der Waals surface area contributed by atoms with Crippen molar-refractivity contribution in [1.82, 2.24) is 0 Å². The van der Waals surface area contributed by atoms with E-state index in [0.717, 1.165) is 0 Å². The van der Waals surface area contributed by atoms with Gasteiger partial charge in [0.25, 0.3) is 0 Å². The van der Waals surface area contributed by atoms with E-state index < -0.39 is 0 Å². The van der Waals surface area contributed by atoms with Crippen LogP contribution in [0.3, 0.4) is 0 Å². The van der Waals surface area contributed by atoms with Gasteiger partial charge in [-0.3, -0.25) is 6.08 Å². The molecule has 0 aliphatic heterocycles. The van der Waals surface area contributed by atoms with Crippen LogP contribution < -0.4 is 14.1 Å². The fraction of sp³-hybridized carbons (Fsp3) is 0.600. The predicted octanol–water partition coefficient (Wildman–Crippen LogP) is -5.88. The Morgan fingerprint density at radius 3 is 1.36 bits per heavy atom. The van der Waals surface area contributed by atoms with E-state index in [1.54, 1.807) is 0 Å². The second-order valence-corrected chi connectivity index (χ2v) is 3.62. The molecule has 0 aromatic heterocycles. The van der Waals surface area contributed by atoms with Crippen LogP contribution >= 0.6 is 0 Å². The van der Waals surface area contributed by atoms with Gasteiger partial charge in [-0.25, -0.2) is 5.57 Å². The molecule has 4 heteroatoms. The molecule has 0 bridgehead atoms. The van der Waals surface area contributed by atoms with Crippen LogP contribution in [0.2, 0.25) is 0 Å². The summed E-state index contributed by atoms with van der Waals surface area (Å²) in [6.45, 7) is 10.9. The van der Waals surface area contributed by atoms with Crippen molar-refractivity contribution in [1.29, 1.82) is 0 Å². The van der Waals surface area contributed by atoms with Crippen molar-refractivity contribution < 1.29 is 40.0 Å². The van der Waals surface area contributed by atoms with Gasteiger partial charge in [-0.05, 0) is 0 Å². The van der Waals surface area contributed by atoms with Gasteiger partial charge in [-0.1, -0.05) is 33.1 Å². The molecule has 0 amide bonds. The van der Waals surface area contributed by atoms with E-state index in [4.69, 9.17) is 0 Å². The van der Waals surface area contributed by atoms with Gasteiger partial charge in [-0.2, -0.15) is 11.1 Å². The van der Waals surface area contributed by atoms with Gasteiger partial charge in [0.15, 0.2) is 0 Å². The van der Waals surface area contributed by atoms with E-state index in [1.807, 2.05) is 0 Å². The summed E-state index contributed by atoms with van der Waals surface area (Å²) in [5, 5.41) is 0. The maximum atomic E-state index is 3.44. The third-order valence-corrected chi connectivity index (χ3v) is 2.56. The number of halogens is 3. The average Bonchev–Trinajstić information content (AvgIpc) is 1.95. The summed E-state index contributed by atoms with van der Waals surface area (Å²) in [6.07, 6.45) is 3.44. The monoisotopic (exact) mass is 372 g/mol. The summed E-state index contributed by atoms with van der Waals surface area (Å²) >= 11 is 0. The zero-order valence-electron chi connectivity index (χ0n) is 9.13. The Morgan fingerprint density at radius 1 is 0.929 bits per heavy atom. The molecule has 0 nitrogen and oxygen atoms in total. The van der Waals surface area contributed by atoms with E-state index in [1.165, 1.54) is 16.7 Å². The van der Waals surface area contributed by atoms with Crippen LogP contribution in [0.15, 0.2) is 16.7 Å². The molecule has 0 unspecified atom stereocenters. The van der Waals surface area contributed by atoms with Gasteiger partial charge in [0.2, 0.25) is 0 Å². The molecule has 0 heterocycles. The molecule has 0 saturated heterocycles. The summed E-state index contributed by atoms with van der Waals surface area (Å²) in [6, 6.07) is 0. The van der Waals surface area contributed by atoms with Crippen molar-refractivity contribution in [2.45, 2.75) is 34.6 Å². The molecule has 80 valence electrons. The van der Waals surface area contributed by atoms with Crippen LogP contribution in [0, 0.1) is 11.5 Å². The maximum Gasteiger partial charge on any atom is 4.00 e. The molecule has 1 aliphatic rings. The van der Waals surface area contributed by atoms with Crippen molar-refractivity contribution in [2.75, 3.05) is 0 Å². The Kier molecular flexibility index (Phi) is 12.6. The fourth-order valence-corrected chi connectivity index (χ4v) is 1.41. The Labute approximate surface area is 103 Å². The zero-order valence-corrected chi connectivity index (χ0v) is 12.7. The first-order chi connectivity index (χ1) is 4.45. The minimum absolute atomic E-state index is 0. The standard InChI is InChI=1S/C10H15.3FH.Hf/c1-7-6-10(4,5)9(3)8(7)2;;;;/h1-5H3;3*1H;/q-1;;;;+4/p-3. The Morgan fingerprint density at radius 2 is 1.29 bits per heavy atom. The molecule has 14 heavy (non-hydrogen) atoms. The van der Waals surface area contributed by atoms with E-state index >= 15 is 0 Å². The molecule has 1 rings (SSSR count). The molecule has 0 aromatic carbocycles. The second-order valence-electron chi connectivity index (χ2n) is 3.62. The average molecular weight is 371 g/mol. The molecule has 0 saturated carbocycles. The summed E-state index contributed by atoms with van der Waals surface area (Å²) in [4.78, 5) is 0. The summed E-state index contributed by atoms with van der Waals surface area (Å²) in [5.74, 6) is 0. The number of hydrogen-bond donors (Lipinski definition) is 0. The van der Waals surface area contributed by atoms with Crippen molar-refractivity contribution >= 4 is 0 Å². The quantitative estimate of drug-likeness (QED) is 0.294. The van der Waals surface area contributed by atoms with Crippen LogP contribution in [-0.4, -0.2) is 0 Å². The summed E-state index contributed by atoms with van der Waals surface area (Å²) in [5.41, 5.74) is 4.39. The molecular weight excluding hydrogens is 356 g/mol. The Balaban J connectivity index is -0.000000125. The predicted molar refractivity (Wildman–Crippen MR) is 44.6 cm³/mol. The third kappa shape index (κ3) is 4.11. The minimum atomic E-state index is 0. The second kappa shape index (κ2) is 7.43. The Hall–Kier alpha value is 0.140. The van der Waals surface area contributed by atoms with Crippen LogP contribution in [0.4, 0.5) is 0 Å². The minimum Gasteiger partial charge on any atom is -1.00 e. The SMILES string of the molecule is CC1=[C-]C(C)(C)C(C)=C1C.[F-].[F-].[F-].[Hf+4]. The van der Waals surface area contributed by atoms with Crippen LogP contribution in [-0.2, 0) is 25.8 Å². The Bertz CT molecular complexity index is 230. The van der Waals surface area contributed by atoms with Gasteiger partial charge < -0.3 is 14.1 Å².